The predicted octanol–water partition coefficient (Wildman–Crippen LogP) is 2.10. The molecule has 1 aliphatic rings. The van der Waals surface area contributed by atoms with Crippen LogP contribution in [0.4, 0.5) is 5.82 Å². The van der Waals surface area contributed by atoms with Crippen molar-refractivity contribution in [2.75, 3.05) is 44.6 Å². The zero-order valence-electron chi connectivity index (χ0n) is 10.3. The number of piperazine rings is 1. The van der Waals surface area contributed by atoms with E-state index < -0.39 is 0 Å². The second-order valence-electron chi connectivity index (χ2n) is 4.36. The number of rotatable bonds is 5. The Bertz CT molecular complexity index is 380. The number of nitrogens with zero attached hydrogens (tertiary/aromatic N) is 2. The molecule has 0 saturated carbocycles. The Morgan fingerprint density at radius 2 is 2.11 bits per heavy atom. The largest absolute Gasteiger partial charge is 0.369 e. The second kappa shape index (κ2) is 7.14. The Kier molecular flexibility index (Phi) is 5.50. The number of halogens is 2. The molecule has 0 radical (unpaired) electrons. The quantitative estimate of drug-likeness (QED) is 0.814. The maximum Gasteiger partial charge on any atom is 0.144 e. The first-order chi connectivity index (χ1) is 8.75. The maximum absolute atomic E-state index is 6.03. The van der Waals surface area contributed by atoms with Crippen molar-refractivity contribution in [1.82, 2.24) is 15.2 Å². The fourth-order valence-electron chi connectivity index (χ4n) is 1.99. The van der Waals surface area contributed by atoms with Crippen LogP contribution in [0.15, 0.2) is 12.3 Å². The molecule has 0 unspecified atom stereocenters. The first-order valence-electron chi connectivity index (χ1n) is 6.24. The summed E-state index contributed by atoms with van der Waals surface area (Å²) < 4.78 is 0. The highest BCUT2D eigenvalue weighted by atomic mass is 35.5. The van der Waals surface area contributed by atoms with Crippen molar-refractivity contribution in [3.8, 4) is 0 Å². The summed E-state index contributed by atoms with van der Waals surface area (Å²) in [6.07, 6.45) is 2.69. The van der Waals surface area contributed by atoms with E-state index in [1.54, 1.807) is 12.3 Å². The second-order valence-corrected chi connectivity index (χ2v) is 5.20. The van der Waals surface area contributed by atoms with Gasteiger partial charge in [0.05, 0.1) is 10.0 Å². The molecule has 100 valence electrons. The van der Waals surface area contributed by atoms with E-state index in [4.69, 9.17) is 23.2 Å². The summed E-state index contributed by atoms with van der Waals surface area (Å²) in [5.41, 5.74) is 0. The standard InChI is InChI=1S/C12H18Cl2N4/c13-10-8-11(14)12(17-9-10)16-2-1-5-18-6-3-15-4-7-18/h8-9,15H,1-7H2,(H,16,17). The Hall–Kier alpha value is -0.550. The molecule has 1 saturated heterocycles. The van der Waals surface area contributed by atoms with Crippen molar-refractivity contribution >= 4 is 29.0 Å². The molecule has 0 atom stereocenters. The zero-order chi connectivity index (χ0) is 12.8. The van der Waals surface area contributed by atoms with Crippen molar-refractivity contribution in [2.45, 2.75) is 6.42 Å². The van der Waals surface area contributed by atoms with Gasteiger partial charge in [0, 0.05) is 38.9 Å². The van der Waals surface area contributed by atoms with E-state index in [1.165, 1.54) is 0 Å². The first-order valence-corrected chi connectivity index (χ1v) is 6.99. The van der Waals surface area contributed by atoms with Crippen LogP contribution in [0.5, 0.6) is 0 Å². The number of anilines is 1. The SMILES string of the molecule is Clc1cnc(NCCCN2CCNCC2)c(Cl)c1. The van der Waals surface area contributed by atoms with Crippen LogP contribution in [0, 0.1) is 0 Å². The fourth-order valence-corrected chi connectivity index (χ4v) is 2.44. The van der Waals surface area contributed by atoms with Gasteiger partial charge in [-0.25, -0.2) is 4.98 Å². The molecule has 0 bridgehead atoms. The molecule has 1 fully saturated rings. The van der Waals surface area contributed by atoms with E-state index >= 15 is 0 Å². The lowest BCUT2D eigenvalue weighted by Gasteiger charge is -2.27. The third-order valence-corrected chi connectivity index (χ3v) is 3.46. The highest BCUT2D eigenvalue weighted by molar-refractivity contribution is 6.35. The van der Waals surface area contributed by atoms with Crippen LogP contribution in [-0.4, -0.2) is 49.2 Å². The topological polar surface area (TPSA) is 40.2 Å². The van der Waals surface area contributed by atoms with Crippen LogP contribution < -0.4 is 10.6 Å². The van der Waals surface area contributed by atoms with Crippen molar-refractivity contribution in [3.63, 3.8) is 0 Å². The van der Waals surface area contributed by atoms with Crippen molar-refractivity contribution in [3.05, 3.63) is 22.3 Å². The summed E-state index contributed by atoms with van der Waals surface area (Å²) in [6, 6.07) is 1.70. The normalized spacial score (nSPS) is 16.8. The molecule has 2 rings (SSSR count). The van der Waals surface area contributed by atoms with Crippen LogP contribution >= 0.6 is 23.2 Å². The summed E-state index contributed by atoms with van der Waals surface area (Å²) >= 11 is 11.8. The van der Waals surface area contributed by atoms with Gasteiger partial charge < -0.3 is 15.5 Å². The van der Waals surface area contributed by atoms with Gasteiger partial charge >= 0.3 is 0 Å². The van der Waals surface area contributed by atoms with E-state index in [9.17, 15) is 0 Å². The van der Waals surface area contributed by atoms with E-state index in [-0.39, 0.29) is 0 Å². The Balaban J connectivity index is 1.68. The summed E-state index contributed by atoms with van der Waals surface area (Å²) in [6.45, 7) is 6.45. The molecule has 4 nitrogen and oxygen atoms in total. The van der Waals surface area contributed by atoms with Gasteiger partial charge in [-0.1, -0.05) is 23.2 Å². The third-order valence-electron chi connectivity index (χ3n) is 2.96. The lowest BCUT2D eigenvalue weighted by Crippen LogP contribution is -2.44. The molecule has 0 aromatic carbocycles. The number of hydrogen-bond acceptors (Lipinski definition) is 4. The molecule has 18 heavy (non-hydrogen) atoms. The van der Waals surface area contributed by atoms with E-state index in [0.29, 0.717) is 15.9 Å². The van der Waals surface area contributed by atoms with Crippen molar-refractivity contribution in [1.29, 1.82) is 0 Å². The van der Waals surface area contributed by atoms with Crippen molar-refractivity contribution in [2.24, 2.45) is 0 Å². The molecule has 1 aliphatic heterocycles. The number of nitrogens with one attached hydrogen (secondary N) is 2. The van der Waals surface area contributed by atoms with Crippen LogP contribution in [-0.2, 0) is 0 Å². The summed E-state index contributed by atoms with van der Waals surface area (Å²) in [4.78, 5) is 6.63. The lowest BCUT2D eigenvalue weighted by atomic mass is 10.3. The molecule has 2 N–H and O–H groups in total. The van der Waals surface area contributed by atoms with E-state index in [2.05, 4.69) is 20.5 Å². The minimum atomic E-state index is 0.561. The molecule has 0 aliphatic carbocycles. The smallest absolute Gasteiger partial charge is 0.144 e. The molecule has 1 aromatic rings. The number of pyridine rings is 1. The Morgan fingerprint density at radius 1 is 1.33 bits per heavy atom. The summed E-state index contributed by atoms with van der Waals surface area (Å²) in [7, 11) is 0. The molecule has 1 aromatic heterocycles. The average molecular weight is 289 g/mol. The van der Waals surface area contributed by atoms with Crippen LogP contribution in [0.3, 0.4) is 0 Å². The van der Waals surface area contributed by atoms with Gasteiger partial charge in [0.2, 0.25) is 0 Å². The van der Waals surface area contributed by atoms with Gasteiger partial charge in [0.15, 0.2) is 0 Å². The molecular weight excluding hydrogens is 271 g/mol. The average Bonchev–Trinajstić information content (AvgIpc) is 2.38. The highest BCUT2D eigenvalue weighted by Crippen LogP contribution is 2.22. The monoisotopic (exact) mass is 288 g/mol. The number of hydrogen-bond donors (Lipinski definition) is 2. The zero-order valence-corrected chi connectivity index (χ0v) is 11.8. The highest BCUT2D eigenvalue weighted by Gasteiger charge is 2.08. The van der Waals surface area contributed by atoms with Gasteiger partial charge in [0.25, 0.3) is 0 Å². The fraction of sp³-hybridized carbons (Fsp3) is 0.583. The lowest BCUT2D eigenvalue weighted by molar-refractivity contribution is 0.240. The van der Waals surface area contributed by atoms with Gasteiger partial charge in [-0.3, -0.25) is 0 Å². The Morgan fingerprint density at radius 3 is 2.83 bits per heavy atom. The van der Waals surface area contributed by atoms with E-state index in [0.717, 1.165) is 45.7 Å². The molecule has 6 heteroatoms. The van der Waals surface area contributed by atoms with Gasteiger partial charge in [0.1, 0.15) is 5.82 Å². The number of aromatic nitrogens is 1. The summed E-state index contributed by atoms with van der Waals surface area (Å²) in [5, 5.41) is 7.72. The van der Waals surface area contributed by atoms with Crippen LogP contribution in [0.1, 0.15) is 6.42 Å². The molecular formula is C12H18Cl2N4. The van der Waals surface area contributed by atoms with Crippen LogP contribution in [0.25, 0.3) is 0 Å². The molecule has 0 spiro atoms. The third kappa shape index (κ3) is 4.28. The van der Waals surface area contributed by atoms with Crippen LogP contribution in [0.2, 0.25) is 10.0 Å². The van der Waals surface area contributed by atoms with E-state index in [1.807, 2.05) is 0 Å². The van der Waals surface area contributed by atoms with Gasteiger partial charge in [-0.15, -0.1) is 0 Å². The molecule has 0 amide bonds. The van der Waals surface area contributed by atoms with Gasteiger partial charge in [-0.2, -0.15) is 0 Å². The molecule has 2 heterocycles. The first kappa shape index (κ1) is 13.9. The summed E-state index contributed by atoms with van der Waals surface area (Å²) in [5.74, 6) is 0.710. The maximum atomic E-state index is 6.03. The minimum Gasteiger partial charge on any atom is -0.369 e. The minimum absolute atomic E-state index is 0.561. The van der Waals surface area contributed by atoms with Gasteiger partial charge in [-0.05, 0) is 19.0 Å². The predicted molar refractivity (Wildman–Crippen MR) is 76.7 cm³/mol. The Labute approximate surface area is 118 Å². The van der Waals surface area contributed by atoms with Crippen molar-refractivity contribution < 1.29 is 0 Å².